The third-order valence-corrected chi connectivity index (χ3v) is 6.01. The molecule has 5 nitrogen and oxygen atoms in total. The molecule has 7 heteroatoms. The van der Waals surface area contributed by atoms with Gasteiger partial charge in [0, 0.05) is 49.4 Å². The summed E-state index contributed by atoms with van der Waals surface area (Å²) in [6.45, 7) is 3.12. The fourth-order valence-electron chi connectivity index (χ4n) is 3.37. The van der Waals surface area contributed by atoms with Crippen molar-refractivity contribution in [2.75, 3.05) is 43.9 Å². The summed E-state index contributed by atoms with van der Waals surface area (Å²) >= 11 is 1.61. The fraction of sp³-hybridized carbons (Fsp3) is 0.409. The number of benzene rings is 2. The zero-order chi connectivity index (χ0) is 20.5. The first-order chi connectivity index (χ1) is 14.2. The molecule has 1 aliphatic rings. The average molecular weight is 418 g/mol. The van der Waals surface area contributed by atoms with Gasteiger partial charge in [-0.1, -0.05) is 24.3 Å². The van der Waals surface area contributed by atoms with Crippen molar-refractivity contribution in [1.29, 1.82) is 0 Å². The fourth-order valence-corrected chi connectivity index (χ4v) is 4.22. The number of anilines is 1. The Bertz CT molecular complexity index is 805. The highest BCUT2D eigenvalue weighted by atomic mass is 32.2. The number of nitrogens with zero attached hydrogens (tertiary/aromatic N) is 1. The van der Waals surface area contributed by atoms with Gasteiger partial charge in [0.05, 0.1) is 7.11 Å². The van der Waals surface area contributed by atoms with Gasteiger partial charge in [0.15, 0.2) is 0 Å². The van der Waals surface area contributed by atoms with Crippen LogP contribution in [0, 0.1) is 11.7 Å². The highest BCUT2D eigenvalue weighted by Gasteiger charge is 2.23. The maximum absolute atomic E-state index is 13.5. The Morgan fingerprint density at radius 3 is 2.93 bits per heavy atom. The van der Waals surface area contributed by atoms with Gasteiger partial charge in [-0.2, -0.15) is 11.8 Å². The molecule has 2 aromatic carbocycles. The molecule has 0 spiro atoms. The van der Waals surface area contributed by atoms with Crippen LogP contribution in [0.4, 0.5) is 14.9 Å². The molecule has 1 unspecified atom stereocenters. The summed E-state index contributed by atoms with van der Waals surface area (Å²) < 4.78 is 18.8. The maximum Gasteiger partial charge on any atom is 0.314 e. The van der Waals surface area contributed by atoms with E-state index in [1.807, 2.05) is 24.3 Å². The number of amides is 2. The van der Waals surface area contributed by atoms with Gasteiger partial charge in [0.2, 0.25) is 0 Å². The van der Waals surface area contributed by atoms with Crippen LogP contribution in [-0.4, -0.2) is 45.1 Å². The number of urea groups is 1. The molecule has 1 atom stereocenters. The number of carbonyl (C=O) groups excluding carboxylic acids is 1. The summed E-state index contributed by atoms with van der Waals surface area (Å²) in [6.07, 6.45) is 1.05. The van der Waals surface area contributed by atoms with E-state index >= 15 is 0 Å². The first-order valence-electron chi connectivity index (χ1n) is 9.87. The summed E-state index contributed by atoms with van der Waals surface area (Å²) in [5, 5.41) is 5.84. The number of halogens is 1. The van der Waals surface area contributed by atoms with E-state index in [4.69, 9.17) is 4.74 Å². The Balaban J connectivity index is 1.29. The minimum Gasteiger partial charge on any atom is -0.497 e. The molecule has 0 saturated carbocycles. The molecule has 29 heavy (non-hydrogen) atoms. The van der Waals surface area contributed by atoms with E-state index in [1.54, 1.807) is 31.0 Å². The molecule has 1 heterocycles. The van der Waals surface area contributed by atoms with Crippen LogP contribution < -0.4 is 20.3 Å². The average Bonchev–Trinajstić information content (AvgIpc) is 3.22. The molecule has 0 aromatic heterocycles. The Hall–Kier alpha value is -2.41. The number of hydrogen-bond acceptors (Lipinski definition) is 4. The SMILES string of the molecule is COc1cccc(N2CCC(CNC(=O)NCCSCc3ccccc3F)C2)c1. The Kier molecular flexibility index (Phi) is 8.04. The second-order valence-electron chi connectivity index (χ2n) is 7.08. The monoisotopic (exact) mass is 417 g/mol. The smallest absolute Gasteiger partial charge is 0.314 e. The van der Waals surface area contributed by atoms with Crippen molar-refractivity contribution >= 4 is 23.5 Å². The van der Waals surface area contributed by atoms with Crippen LogP contribution in [0.2, 0.25) is 0 Å². The third kappa shape index (κ3) is 6.56. The lowest BCUT2D eigenvalue weighted by molar-refractivity contribution is 0.240. The molecule has 156 valence electrons. The quantitative estimate of drug-likeness (QED) is 0.608. The van der Waals surface area contributed by atoms with Crippen LogP contribution in [-0.2, 0) is 5.75 Å². The molecule has 2 aromatic rings. The Morgan fingerprint density at radius 1 is 1.24 bits per heavy atom. The number of methoxy groups -OCH3 is 1. The highest BCUT2D eigenvalue weighted by molar-refractivity contribution is 7.98. The molecular weight excluding hydrogens is 389 g/mol. The van der Waals surface area contributed by atoms with E-state index in [-0.39, 0.29) is 11.8 Å². The van der Waals surface area contributed by atoms with Gasteiger partial charge in [0.25, 0.3) is 0 Å². The second-order valence-corrected chi connectivity index (χ2v) is 8.19. The molecule has 1 fully saturated rings. The molecule has 2 amide bonds. The van der Waals surface area contributed by atoms with E-state index in [9.17, 15) is 9.18 Å². The lowest BCUT2D eigenvalue weighted by atomic mass is 10.1. The Morgan fingerprint density at radius 2 is 2.10 bits per heavy atom. The predicted octanol–water partition coefficient (Wildman–Crippen LogP) is 3.89. The summed E-state index contributed by atoms with van der Waals surface area (Å²) in [5.41, 5.74) is 1.85. The van der Waals surface area contributed by atoms with Gasteiger partial charge in [-0.15, -0.1) is 0 Å². The first kappa shape index (κ1) is 21.3. The maximum atomic E-state index is 13.5. The van der Waals surface area contributed by atoms with Crippen LogP contribution in [0.3, 0.4) is 0 Å². The highest BCUT2D eigenvalue weighted by Crippen LogP contribution is 2.26. The van der Waals surface area contributed by atoms with Crippen LogP contribution in [0.25, 0.3) is 0 Å². The number of rotatable bonds is 9. The first-order valence-corrected chi connectivity index (χ1v) is 11.0. The normalized spacial score (nSPS) is 15.9. The zero-order valence-corrected chi connectivity index (χ0v) is 17.5. The van der Waals surface area contributed by atoms with Crippen molar-refractivity contribution < 1.29 is 13.9 Å². The summed E-state index contributed by atoms with van der Waals surface area (Å²) in [5.74, 6) is 2.47. The van der Waals surface area contributed by atoms with Crippen molar-refractivity contribution in [2.45, 2.75) is 12.2 Å². The third-order valence-electron chi connectivity index (χ3n) is 5.00. The van der Waals surface area contributed by atoms with Crippen molar-refractivity contribution in [3.63, 3.8) is 0 Å². The number of hydrogen-bond donors (Lipinski definition) is 2. The van der Waals surface area contributed by atoms with E-state index in [2.05, 4.69) is 21.6 Å². The van der Waals surface area contributed by atoms with Gasteiger partial charge in [-0.3, -0.25) is 0 Å². The number of nitrogens with one attached hydrogen (secondary N) is 2. The lowest BCUT2D eigenvalue weighted by Crippen LogP contribution is -2.39. The van der Waals surface area contributed by atoms with E-state index in [0.29, 0.717) is 30.3 Å². The molecule has 1 aliphatic heterocycles. The van der Waals surface area contributed by atoms with Crippen molar-refractivity contribution in [3.8, 4) is 5.75 Å². The Labute approximate surface area is 176 Å². The van der Waals surface area contributed by atoms with E-state index in [0.717, 1.165) is 36.7 Å². The predicted molar refractivity (Wildman–Crippen MR) is 117 cm³/mol. The van der Waals surface area contributed by atoms with Crippen LogP contribution in [0.5, 0.6) is 5.75 Å². The second kappa shape index (κ2) is 11.0. The molecule has 0 radical (unpaired) electrons. The van der Waals surface area contributed by atoms with Gasteiger partial charge >= 0.3 is 6.03 Å². The molecule has 2 N–H and O–H groups in total. The molecule has 0 aliphatic carbocycles. The molecule has 3 rings (SSSR count). The van der Waals surface area contributed by atoms with Crippen LogP contribution in [0.15, 0.2) is 48.5 Å². The summed E-state index contributed by atoms with van der Waals surface area (Å²) in [6, 6.07) is 14.7. The van der Waals surface area contributed by atoms with E-state index < -0.39 is 0 Å². The van der Waals surface area contributed by atoms with Crippen molar-refractivity contribution in [3.05, 3.63) is 59.9 Å². The number of carbonyl (C=O) groups is 1. The van der Waals surface area contributed by atoms with Gasteiger partial charge in [-0.25, -0.2) is 9.18 Å². The lowest BCUT2D eigenvalue weighted by Gasteiger charge is -2.19. The molecule has 1 saturated heterocycles. The summed E-state index contributed by atoms with van der Waals surface area (Å²) in [7, 11) is 1.67. The van der Waals surface area contributed by atoms with E-state index in [1.165, 1.54) is 6.07 Å². The minimum atomic E-state index is -0.176. The zero-order valence-electron chi connectivity index (χ0n) is 16.7. The topological polar surface area (TPSA) is 53.6 Å². The molecular formula is C22H28FN3O2S. The van der Waals surface area contributed by atoms with Crippen molar-refractivity contribution in [2.24, 2.45) is 5.92 Å². The van der Waals surface area contributed by atoms with Crippen molar-refractivity contribution in [1.82, 2.24) is 10.6 Å². The summed E-state index contributed by atoms with van der Waals surface area (Å²) in [4.78, 5) is 14.3. The van der Waals surface area contributed by atoms with Crippen LogP contribution in [0.1, 0.15) is 12.0 Å². The largest absolute Gasteiger partial charge is 0.497 e. The minimum absolute atomic E-state index is 0.142. The van der Waals surface area contributed by atoms with Gasteiger partial charge in [0.1, 0.15) is 11.6 Å². The number of thioether (sulfide) groups is 1. The molecule has 0 bridgehead atoms. The standard InChI is InChI=1S/C22H28FN3O2S/c1-28-20-7-4-6-19(13-20)26-11-9-17(15-26)14-25-22(27)24-10-12-29-16-18-5-2-3-8-21(18)23/h2-8,13,17H,9-12,14-16H2,1H3,(H2,24,25,27). The van der Waals surface area contributed by atoms with Crippen LogP contribution >= 0.6 is 11.8 Å². The van der Waals surface area contributed by atoms with Gasteiger partial charge in [-0.05, 0) is 36.1 Å². The number of ether oxygens (including phenoxy) is 1. The van der Waals surface area contributed by atoms with Gasteiger partial charge < -0.3 is 20.3 Å².